The predicted octanol–water partition coefficient (Wildman–Crippen LogP) is 4.38. The molecule has 0 aliphatic heterocycles. The fourth-order valence-electron chi connectivity index (χ4n) is 2.89. The Morgan fingerprint density at radius 1 is 1.00 bits per heavy atom. The van der Waals surface area contributed by atoms with Crippen LogP contribution in [-0.2, 0) is 14.8 Å². The lowest BCUT2D eigenvalue weighted by Gasteiger charge is -2.24. The molecular formula is C23H22ClN3O3S. The number of hydrogen-bond acceptors (Lipinski definition) is 4. The zero-order valence-electron chi connectivity index (χ0n) is 17.1. The molecule has 0 saturated heterocycles. The number of halogens is 1. The van der Waals surface area contributed by atoms with Crippen molar-refractivity contribution in [1.29, 1.82) is 0 Å². The van der Waals surface area contributed by atoms with Crippen LogP contribution in [0.5, 0.6) is 0 Å². The van der Waals surface area contributed by atoms with E-state index in [2.05, 4.69) is 10.5 Å². The predicted molar refractivity (Wildman–Crippen MR) is 124 cm³/mol. The molecule has 0 saturated carbocycles. The van der Waals surface area contributed by atoms with Gasteiger partial charge in [-0.2, -0.15) is 5.10 Å². The first kappa shape index (κ1) is 22.5. The van der Waals surface area contributed by atoms with Gasteiger partial charge in [0.2, 0.25) is 0 Å². The average molecular weight is 456 g/mol. The highest BCUT2D eigenvalue weighted by Crippen LogP contribution is 2.24. The van der Waals surface area contributed by atoms with E-state index in [0.717, 1.165) is 15.4 Å². The Bertz CT molecular complexity index is 1190. The van der Waals surface area contributed by atoms with Gasteiger partial charge < -0.3 is 0 Å². The normalized spacial score (nSPS) is 11.8. The van der Waals surface area contributed by atoms with Gasteiger partial charge in [-0.25, -0.2) is 13.8 Å². The summed E-state index contributed by atoms with van der Waals surface area (Å²) in [7, 11) is -3.95. The minimum absolute atomic E-state index is 0.102. The van der Waals surface area contributed by atoms with Gasteiger partial charge in [-0.15, -0.1) is 0 Å². The lowest BCUT2D eigenvalue weighted by atomic mass is 10.1. The van der Waals surface area contributed by atoms with E-state index in [1.165, 1.54) is 12.1 Å². The molecule has 0 atom stereocenters. The molecule has 3 aromatic rings. The molecule has 160 valence electrons. The van der Waals surface area contributed by atoms with E-state index in [9.17, 15) is 13.2 Å². The Balaban J connectivity index is 1.86. The lowest BCUT2D eigenvalue weighted by Crippen LogP contribution is -2.39. The molecule has 3 rings (SSSR count). The highest BCUT2D eigenvalue weighted by molar-refractivity contribution is 7.92. The number of hydrazone groups is 1. The molecule has 0 aliphatic rings. The summed E-state index contributed by atoms with van der Waals surface area (Å²) in [5.41, 5.74) is 5.08. The summed E-state index contributed by atoms with van der Waals surface area (Å²) >= 11 is 5.89. The number of benzene rings is 3. The molecule has 31 heavy (non-hydrogen) atoms. The minimum Gasteiger partial charge on any atom is -0.271 e. The molecule has 1 N–H and O–H groups in total. The molecule has 0 spiro atoms. The van der Waals surface area contributed by atoms with Gasteiger partial charge in [-0.1, -0.05) is 54.1 Å². The van der Waals surface area contributed by atoms with Crippen LogP contribution < -0.4 is 9.73 Å². The smallest absolute Gasteiger partial charge is 0.264 e. The van der Waals surface area contributed by atoms with Gasteiger partial charge in [0.1, 0.15) is 6.54 Å². The van der Waals surface area contributed by atoms with Crippen LogP contribution >= 0.6 is 11.6 Å². The third kappa shape index (κ3) is 5.71. The maximum atomic E-state index is 13.3. The zero-order chi connectivity index (χ0) is 22.4. The minimum atomic E-state index is -3.95. The van der Waals surface area contributed by atoms with E-state index in [1.54, 1.807) is 67.6 Å². The van der Waals surface area contributed by atoms with Gasteiger partial charge in [0.25, 0.3) is 15.9 Å². The summed E-state index contributed by atoms with van der Waals surface area (Å²) in [6.45, 7) is 3.18. The Hall–Kier alpha value is -3.16. The van der Waals surface area contributed by atoms with Crippen LogP contribution in [0.15, 0.2) is 88.9 Å². The SMILES string of the molecule is C/C(=N/NC(=O)CN(c1cccc(C)c1)S(=O)(=O)c1ccccc1)c1ccc(Cl)cc1. The van der Waals surface area contributed by atoms with Crippen LogP contribution in [0.3, 0.4) is 0 Å². The van der Waals surface area contributed by atoms with Gasteiger partial charge >= 0.3 is 0 Å². The van der Waals surface area contributed by atoms with Gasteiger partial charge in [0.15, 0.2) is 0 Å². The second kappa shape index (κ2) is 9.76. The van der Waals surface area contributed by atoms with Crippen LogP contribution in [0.2, 0.25) is 5.02 Å². The van der Waals surface area contributed by atoms with Crippen LogP contribution in [0.4, 0.5) is 5.69 Å². The van der Waals surface area contributed by atoms with Crippen LogP contribution in [0.1, 0.15) is 18.1 Å². The third-order valence-electron chi connectivity index (χ3n) is 4.52. The Kier molecular flexibility index (Phi) is 7.09. The molecule has 0 radical (unpaired) electrons. The van der Waals surface area contributed by atoms with Crippen LogP contribution in [0, 0.1) is 6.92 Å². The Morgan fingerprint density at radius 3 is 2.32 bits per heavy atom. The first-order valence-corrected chi connectivity index (χ1v) is 11.3. The first-order chi connectivity index (χ1) is 14.8. The maximum absolute atomic E-state index is 13.3. The second-order valence-electron chi connectivity index (χ2n) is 6.90. The van der Waals surface area contributed by atoms with Crippen molar-refractivity contribution in [3.8, 4) is 0 Å². The van der Waals surface area contributed by atoms with Crippen molar-refractivity contribution in [2.75, 3.05) is 10.8 Å². The number of amides is 1. The third-order valence-corrected chi connectivity index (χ3v) is 6.56. The van der Waals surface area contributed by atoms with E-state index in [1.807, 2.05) is 13.0 Å². The van der Waals surface area contributed by atoms with E-state index in [0.29, 0.717) is 16.4 Å². The number of aryl methyl sites for hydroxylation is 1. The fourth-order valence-corrected chi connectivity index (χ4v) is 4.45. The average Bonchev–Trinajstić information content (AvgIpc) is 2.76. The summed E-state index contributed by atoms with van der Waals surface area (Å²) < 4.78 is 27.6. The monoisotopic (exact) mass is 455 g/mol. The second-order valence-corrected chi connectivity index (χ2v) is 9.20. The Labute approximate surface area is 187 Å². The topological polar surface area (TPSA) is 78.8 Å². The summed E-state index contributed by atoms with van der Waals surface area (Å²) in [5.74, 6) is -0.561. The van der Waals surface area contributed by atoms with Crippen LogP contribution in [-0.4, -0.2) is 26.6 Å². The molecular weight excluding hydrogens is 434 g/mol. The molecule has 8 heteroatoms. The van der Waals surface area contributed by atoms with E-state index < -0.39 is 22.5 Å². The summed E-state index contributed by atoms with van der Waals surface area (Å²) in [6.07, 6.45) is 0. The molecule has 0 unspecified atom stereocenters. The first-order valence-electron chi connectivity index (χ1n) is 9.51. The molecule has 3 aromatic carbocycles. The number of nitrogens with zero attached hydrogens (tertiary/aromatic N) is 2. The van der Waals surface area contributed by atoms with Gasteiger partial charge in [0.05, 0.1) is 16.3 Å². The number of anilines is 1. The van der Waals surface area contributed by atoms with Crippen molar-refractivity contribution in [2.45, 2.75) is 18.7 Å². The summed E-state index contributed by atoms with van der Waals surface area (Å²) in [6, 6.07) is 22.0. The maximum Gasteiger partial charge on any atom is 0.264 e. The van der Waals surface area contributed by atoms with Crippen molar-refractivity contribution >= 4 is 38.9 Å². The fraction of sp³-hybridized carbons (Fsp3) is 0.130. The number of hydrogen-bond donors (Lipinski definition) is 1. The highest BCUT2D eigenvalue weighted by Gasteiger charge is 2.27. The standard InChI is InChI=1S/C23H22ClN3O3S/c1-17-7-6-8-21(15-17)27(31(29,30)22-9-4-3-5-10-22)16-23(28)26-25-18(2)19-11-13-20(24)14-12-19/h3-15H,16H2,1-2H3,(H,26,28)/b25-18-. The van der Waals surface area contributed by atoms with Crippen molar-refractivity contribution < 1.29 is 13.2 Å². The van der Waals surface area contributed by atoms with E-state index in [4.69, 9.17) is 11.6 Å². The van der Waals surface area contributed by atoms with Crippen molar-refractivity contribution in [3.63, 3.8) is 0 Å². The van der Waals surface area contributed by atoms with E-state index >= 15 is 0 Å². The van der Waals surface area contributed by atoms with Gasteiger partial charge in [-0.05, 0) is 61.4 Å². The molecule has 0 fully saturated rings. The lowest BCUT2D eigenvalue weighted by molar-refractivity contribution is -0.119. The van der Waals surface area contributed by atoms with Crippen molar-refractivity contribution in [1.82, 2.24) is 5.43 Å². The highest BCUT2D eigenvalue weighted by atomic mass is 35.5. The largest absolute Gasteiger partial charge is 0.271 e. The number of nitrogens with one attached hydrogen (secondary N) is 1. The van der Waals surface area contributed by atoms with E-state index in [-0.39, 0.29) is 4.90 Å². The number of carbonyl (C=O) groups excluding carboxylic acids is 1. The van der Waals surface area contributed by atoms with Gasteiger partial charge in [-0.3, -0.25) is 9.10 Å². The molecule has 0 heterocycles. The van der Waals surface area contributed by atoms with Crippen molar-refractivity contribution in [2.24, 2.45) is 5.10 Å². The quantitative estimate of drug-likeness (QED) is 0.424. The Morgan fingerprint density at radius 2 is 1.68 bits per heavy atom. The number of rotatable bonds is 7. The van der Waals surface area contributed by atoms with Crippen molar-refractivity contribution in [3.05, 3.63) is 95.0 Å². The molecule has 0 aromatic heterocycles. The van der Waals surface area contributed by atoms with Crippen LogP contribution in [0.25, 0.3) is 0 Å². The van der Waals surface area contributed by atoms with Gasteiger partial charge in [0, 0.05) is 5.02 Å². The summed E-state index contributed by atoms with van der Waals surface area (Å²) in [4.78, 5) is 12.7. The number of carbonyl (C=O) groups is 1. The zero-order valence-corrected chi connectivity index (χ0v) is 18.7. The summed E-state index contributed by atoms with van der Waals surface area (Å²) in [5, 5.41) is 4.69. The molecule has 0 bridgehead atoms. The molecule has 1 amide bonds. The number of sulfonamides is 1. The molecule has 0 aliphatic carbocycles. The molecule has 6 nitrogen and oxygen atoms in total.